The van der Waals surface area contributed by atoms with Gasteiger partial charge in [0.25, 0.3) is 5.91 Å². The maximum Gasteiger partial charge on any atom is 0.416 e. The number of alkyl halides is 3. The number of aromatic nitrogens is 2. The van der Waals surface area contributed by atoms with Crippen LogP contribution >= 0.6 is 0 Å². The SMILES string of the molecule is O=C(COc1cccc(C(F)(F)F)c1)NC1CCC(Oc2cnccn2)CC1. The number of ether oxygens (including phenoxy) is 2. The zero-order valence-corrected chi connectivity index (χ0v) is 15.0. The van der Waals surface area contributed by atoms with Crippen LogP contribution in [0.25, 0.3) is 0 Å². The molecule has 1 aliphatic rings. The Balaban J connectivity index is 1.40. The minimum atomic E-state index is -4.45. The van der Waals surface area contributed by atoms with Gasteiger partial charge in [-0.15, -0.1) is 0 Å². The highest BCUT2D eigenvalue weighted by Gasteiger charge is 2.30. The molecular weight excluding hydrogens is 375 g/mol. The van der Waals surface area contributed by atoms with Crippen molar-refractivity contribution < 1.29 is 27.4 Å². The molecule has 1 aromatic carbocycles. The van der Waals surface area contributed by atoms with Crippen LogP contribution in [0.1, 0.15) is 31.2 Å². The predicted octanol–water partition coefficient (Wildman–Crippen LogP) is 3.38. The number of carbonyl (C=O) groups excluding carboxylic acids is 1. The average molecular weight is 395 g/mol. The lowest BCUT2D eigenvalue weighted by atomic mass is 9.93. The number of hydrogen-bond donors (Lipinski definition) is 1. The van der Waals surface area contributed by atoms with Crippen molar-refractivity contribution in [1.82, 2.24) is 15.3 Å². The summed E-state index contributed by atoms with van der Waals surface area (Å²) in [4.78, 5) is 20.1. The van der Waals surface area contributed by atoms with E-state index in [1.807, 2.05) is 0 Å². The van der Waals surface area contributed by atoms with Crippen molar-refractivity contribution in [3.05, 3.63) is 48.4 Å². The summed E-state index contributed by atoms with van der Waals surface area (Å²) in [6.07, 6.45) is 3.25. The number of amides is 1. The molecule has 0 atom stereocenters. The van der Waals surface area contributed by atoms with Gasteiger partial charge in [-0.2, -0.15) is 13.2 Å². The van der Waals surface area contributed by atoms with Crippen LogP contribution in [0.5, 0.6) is 11.6 Å². The molecule has 0 aliphatic heterocycles. The molecule has 6 nitrogen and oxygen atoms in total. The van der Waals surface area contributed by atoms with Gasteiger partial charge in [0.2, 0.25) is 5.88 Å². The standard InChI is InChI=1S/C19H20F3N3O3/c20-19(21,22)13-2-1-3-16(10-13)27-12-17(26)25-14-4-6-15(7-5-14)28-18-11-23-8-9-24-18/h1-3,8-11,14-15H,4-7,12H2,(H,25,26). The van der Waals surface area contributed by atoms with E-state index in [9.17, 15) is 18.0 Å². The topological polar surface area (TPSA) is 73.3 Å². The van der Waals surface area contributed by atoms with Crippen LogP contribution in [0.3, 0.4) is 0 Å². The highest BCUT2D eigenvalue weighted by atomic mass is 19.4. The summed E-state index contributed by atoms with van der Waals surface area (Å²) in [6, 6.07) is 4.45. The third kappa shape index (κ3) is 5.83. The molecule has 1 saturated carbocycles. The third-order valence-electron chi connectivity index (χ3n) is 4.40. The van der Waals surface area contributed by atoms with Crippen LogP contribution in [-0.2, 0) is 11.0 Å². The lowest BCUT2D eigenvalue weighted by Crippen LogP contribution is -2.41. The van der Waals surface area contributed by atoms with Crippen LogP contribution in [0.15, 0.2) is 42.9 Å². The van der Waals surface area contributed by atoms with Crippen LogP contribution in [0.4, 0.5) is 13.2 Å². The van der Waals surface area contributed by atoms with Gasteiger partial charge in [0.1, 0.15) is 11.9 Å². The van der Waals surface area contributed by atoms with E-state index < -0.39 is 11.7 Å². The zero-order chi connectivity index (χ0) is 20.0. The number of halogens is 3. The Hall–Kier alpha value is -2.84. The minimum absolute atomic E-state index is 0.00561. The van der Waals surface area contributed by atoms with Crippen molar-refractivity contribution in [3.8, 4) is 11.6 Å². The lowest BCUT2D eigenvalue weighted by molar-refractivity contribution is -0.137. The number of hydrogen-bond acceptors (Lipinski definition) is 5. The Bertz CT molecular complexity index is 779. The molecule has 0 radical (unpaired) electrons. The second-order valence-electron chi connectivity index (χ2n) is 6.52. The van der Waals surface area contributed by atoms with Gasteiger partial charge >= 0.3 is 6.18 Å². The molecule has 1 heterocycles. The molecular formula is C19H20F3N3O3. The lowest BCUT2D eigenvalue weighted by Gasteiger charge is -2.29. The van der Waals surface area contributed by atoms with Gasteiger partial charge in [0.15, 0.2) is 6.61 Å². The maximum atomic E-state index is 12.7. The summed E-state index contributed by atoms with van der Waals surface area (Å²) < 4.78 is 49.0. The Kier molecular flexibility index (Phi) is 6.33. The van der Waals surface area contributed by atoms with Gasteiger partial charge in [-0.25, -0.2) is 4.98 Å². The number of nitrogens with one attached hydrogen (secondary N) is 1. The van der Waals surface area contributed by atoms with Gasteiger partial charge in [-0.1, -0.05) is 6.07 Å². The molecule has 1 fully saturated rings. The van der Waals surface area contributed by atoms with Crippen molar-refractivity contribution in [1.29, 1.82) is 0 Å². The van der Waals surface area contributed by atoms with Crippen molar-refractivity contribution in [3.63, 3.8) is 0 Å². The Labute approximate surface area is 160 Å². The molecule has 1 aliphatic carbocycles. The van der Waals surface area contributed by atoms with Crippen molar-refractivity contribution in [2.75, 3.05) is 6.61 Å². The molecule has 150 valence electrons. The zero-order valence-electron chi connectivity index (χ0n) is 15.0. The summed E-state index contributed by atoms with van der Waals surface area (Å²) in [6.45, 7) is -0.336. The molecule has 1 amide bonds. The van der Waals surface area contributed by atoms with E-state index in [-0.39, 0.29) is 30.4 Å². The molecule has 28 heavy (non-hydrogen) atoms. The molecule has 9 heteroatoms. The quantitative estimate of drug-likeness (QED) is 0.812. The van der Waals surface area contributed by atoms with E-state index in [4.69, 9.17) is 9.47 Å². The molecule has 0 unspecified atom stereocenters. The van der Waals surface area contributed by atoms with E-state index in [1.165, 1.54) is 12.1 Å². The second-order valence-corrected chi connectivity index (χ2v) is 6.52. The van der Waals surface area contributed by atoms with Gasteiger partial charge in [-0.05, 0) is 43.9 Å². The summed E-state index contributed by atoms with van der Waals surface area (Å²) in [5.74, 6) is 0.117. The normalized spacial score (nSPS) is 19.7. The van der Waals surface area contributed by atoms with Crippen molar-refractivity contribution in [2.45, 2.75) is 44.0 Å². The fourth-order valence-electron chi connectivity index (χ4n) is 3.02. The molecule has 0 spiro atoms. The smallest absolute Gasteiger partial charge is 0.416 e. The van der Waals surface area contributed by atoms with Gasteiger partial charge in [-0.3, -0.25) is 9.78 Å². The predicted molar refractivity (Wildman–Crippen MR) is 93.8 cm³/mol. The highest BCUT2D eigenvalue weighted by Crippen LogP contribution is 2.31. The van der Waals surface area contributed by atoms with E-state index in [1.54, 1.807) is 18.6 Å². The molecule has 2 aromatic rings. The van der Waals surface area contributed by atoms with Crippen LogP contribution in [-0.4, -0.2) is 34.6 Å². The van der Waals surface area contributed by atoms with Gasteiger partial charge in [0.05, 0.1) is 11.8 Å². The van der Waals surface area contributed by atoms with E-state index in [2.05, 4.69) is 15.3 Å². The largest absolute Gasteiger partial charge is 0.484 e. The number of rotatable bonds is 6. The molecule has 1 aromatic heterocycles. The Morgan fingerprint density at radius 1 is 1.18 bits per heavy atom. The van der Waals surface area contributed by atoms with E-state index in [0.717, 1.165) is 37.8 Å². The summed E-state index contributed by atoms with van der Waals surface area (Å²) in [5, 5.41) is 2.85. The molecule has 1 N–H and O–H groups in total. The summed E-state index contributed by atoms with van der Waals surface area (Å²) in [7, 11) is 0. The first-order chi connectivity index (χ1) is 13.4. The first kappa shape index (κ1) is 19.9. The fourth-order valence-corrected chi connectivity index (χ4v) is 3.02. The minimum Gasteiger partial charge on any atom is -0.484 e. The maximum absolute atomic E-state index is 12.7. The van der Waals surface area contributed by atoms with E-state index >= 15 is 0 Å². The average Bonchev–Trinajstić information content (AvgIpc) is 2.68. The third-order valence-corrected chi connectivity index (χ3v) is 4.40. The van der Waals surface area contributed by atoms with Crippen LogP contribution in [0, 0.1) is 0 Å². The van der Waals surface area contributed by atoms with Crippen LogP contribution < -0.4 is 14.8 Å². The first-order valence-electron chi connectivity index (χ1n) is 8.92. The highest BCUT2D eigenvalue weighted by molar-refractivity contribution is 5.77. The summed E-state index contributed by atoms with van der Waals surface area (Å²) in [5.41, 5.74) is -0.813. The number of nitrogens with zero attached hydrogens (tertiary/aromatic N) is 2. The number of benzene rings is 1. The van der Waals surface area contributed by atoms with Crippen molar-refractivity contribution >= 4 is 5.91 Å². The van der Waals surface area contributed by atoms with Crippen LogP contribution in [0.2, 0.25) is 0 Å². The fraction of sp³-hybridized carbons (Fsp3) is 0.421. The second kappa shape index (κ2) is 8.90. The van der Waals surface area contributed by atoms with Gasteiger partial charge < -0.3 is 14.8 Å². The molecule has 0 bridgehead atoms. The Morgan fingerprint density at radius 3 is 2.64 bits per heavy atom. The van der Waals surface area contributed by atoms with E-state index in [0.29, 0.717) is 5.88 Å². The molecule has 0 saturated heterocycles. The number of carbonyl (C=O) groups is 1. The first-order valence-corrected chi connectivity index (χ1v) is 8.92. The summed E-state index contributed by atoms with van der Waals surface area (Å²) >= 11 is 0. The van der Waals surface area contributed by atoms with Gasteiger partial charge in [0, 0.05) is 18.4 Å². The molecule has 3 rings (SSSR count). The van der Waals surface area contributed by atoms with Crippen molar-refractivity contribution in [2.24, 2.45) is 0 Å². The monoisotopic (exact) mass is 395 g/mol. The Morgan fingerprint density at radius 2 is 1.96 bits per heavy atom.